The van der Waals surface area contributed by atoms with E-state index < -0.39 is 0 Å². The molecule has 0 bridgehead atoms. The molecular weight excluding hydrogens is 394 g/mol. The molecule has 2 aromatic rings. The second kappa shape index (κ2) is 11.9. The zero-order valence-corrected chi connectivity index (χ0v) is 19.7. The molecule has 0 saturated heterocycles. The molecule has 30 heavy (non-hydrogen) atoms. The fraction of sp³-hybridized carbons (Fsp3) is 0.542. The lowest BCUT2D eigenvalue weighted by atomic mass is 10.1. The van der Waals surface area contributed by atoms with Crippen molar-refractivity contribution in [2.75, 3.05) is 6.54 Å². The molecule has 0 spiro atoms. The minimum Gasteiger partial charge on any atom is -0.355 e. The average Bonchev–Trinajstić information content (AvgIpc) is 2.72. The van der Waals surface area contributed by atoms with E-state index in [4.69, 9.17) is 4.98 Å². The lowest BCUT2D eigenvalue weighted by molar-refractivity contribution is -0.120. The monoisotopic (exact) mass is 429 g/mol. The van der Waals surface area contributed by atoms with Crippen LogP contribution in [0, 0.1) is 12.8 Å². The van der Waals surface area contributed by atoms with Crippen LogP contribution < -0.4 is 10.9 Å². The van der Waals surface area contributed by atoms with Gasteiger partial charge in [0.25, 0.3) is 5.56 Å². The number of carbonyl (C=O) groups is 1. The van der Waals surface area contributed by atoms with E-state index in [9.17, 15) is 9.59 Å². The fourth-order valence-corrected chi connectivity index (χ4v) is 4.36. The van der Waals surface area contributed by atoms with Crippen molar-refractivity contribution in [1.82, 2.24) is 14.9 Å². The Hall–Kier alpha value is -2.08. The van der Waals surface area contributed by atoms with Crippen LogP contribution in [-0.2, 0) is 18.3 Å². The van der Waals surface area contributed by atoms with Gasteiger partial charge in [-0.1, -0.05) is 75.7 Å². The topological polar surface area (TPSA) is 64.0 Å². The molecule has 1 atom stereocenters. The van der Waals surface area contributed by atoms with Crippen molar-refractivity contribution in [3.05, 3.63) is 57.5 Å². The zero-order valence-electron chi connectivity index (χ0n) is 18.9. The van der Waals surface area contributed by atoms with Gasteiger partial charge in [-0.3, -0.25) is 14.2 Å². The molecule has 0 aliphatic carbocycles. The molecule has 6 heteroatoms. The van der Waals surface area contributed by atoms with Crippen molar-refractivity contribution < 1.29 is 4.79 Å². The quantitative estimate of drug-likeness (QED) is 0.422. The van der Waals surface area contributed by atoms with Gasteiger partial charge in [0.05, 0.1) is 5.25 Å². The van der Waals surface area contributed by atoms with E-state index in [0.29, 0.717) is 29.6 Å². The second-order valence-electron chi connectivity index (χ2n) is 8.21. The van der Waals surface area contributed by atoms with Crippen molar-refractivity contribution in [2.45, 2.75) is 70.2 Å². The van der Waals surface area contributed by atoms with E-state index in [2.05, 4.69) is 26.1 Å². The molecule has 164 valence electrons. The van der Waals surface area contributed by atoms with Crippen LogP contribution in [-0.4, -0.2) is 27.3 Å². The van der Waals surface area contributed by atoms with Gasteiger partial charge in [0.2, 0.25) is 5.91 Å². The molecule has 1 N–H and O–H groups in total. The zero-order chi connectivity index (χ0) is 22.1. The summed E-state index contributed by atoms with van der Waals surface area (Å²) in [6.07, 6.45) is 4.29. The van der Waals surface area contributed by atoms with Crippen LogP contribution in [0.1, 0.15) is 63.3 Å². The minimum absolute atomic E-state index is 0.0364. The SMILES string of the molecule is CCCCC(Sc1nc(C)c(Cc2ccccc2)c(=O)n1C)C(=O)NCCC(C)C. The molecule has 0 fully saturated rings. The van der Waals surface area contributed by atoms with Gasteiger partial charge in [-0.15, -0.1) is 0 Å². The maximum atomic E-state index is 13.0. The molecule has 0 aliphatic heterocycles. The number of amides is 1. The Morgan fingerprint density at radius 2 is 1.90 bits per heavy atom. The van der Waals surface area contributed by atoms with Crippen LogP contribution >= 0.6 is 11.8 Å². The van der Waals surface area contributed by atoms with Crippen LogP contribution in [0.2, 0.25) is 0 Å². The molecule has 0 saturated carbocycles. The molecule has 1 aromatic heterocycles. The number of hydrogen-bond acceptors (Lipinski definition) is 4. The number of carbonyl (C=O) groups excluding carboxylic acids is 1. The van der Waals surface area contributed by atoms with E-state index in [0.717, 1.165) is 36.9 Å². The molecule has 0 radical (unpaired) electrons. The second-order valence-corrected chi connectivity index (χ2v) is 9.38. The van der Waals surface area contributed by atoms with Crippen LogP contribution in [0.4, 0.5) is 0 Å². The number of hydrogen-bond donors (Lipinski definition) is 1. The molecular formula is C24H35N3O2S. The number of nitrogens with one attached hydrogen (secondary N) is 1. The molecule has 0 aliphatic rings. The van der Waals surface area contributed by atoms with Crippen molar-refractivity contribution >= 4 is 17.7 Å². The first kappa shape index (κ1) is 24.2. The number of unbranched alkanes of at least 4 members (excludes halogenated alkanes) is 1. The third-order valence-electron chi connectivity index (χ3n) is 5.15. The molecule has 1 aromatic carbocycles. The standard InChI is InChI=1S/C24H35N3O2S/c1-6-7-13-21(22(28)25-15-14-17(2)3)30-24-26-18(4)20(23(29)27(24)5)16-19-11-9-8-10-12-19/h8-12,17,21H,6-7,13-16H2,1-5H3,(H,25,28). The van der Waals surface area contributed by atoms with Gasteiger partial charge >= 0.3 is 0 Å². The van der Waals surface area contributed by atoms with E-state index in [-0.39, 0.29) is 16.7 Å². The van der Waals surface area contributed by atoms with E-state index in [1.54, 1.807) is 11.6 Å². The number of aromatic nitrogens is 2. The van der Waals surface area contributed by atoms with Crippen molar-refractivity contribution in [2.24, 2.45) is 13.0 Å². The average molecular weight is 430 g/mol. The number of thioether (sulfide) groups is 1. The van der Waals surface area contributed by atoms with Gasteiger partial charge in [-0.25, -0.2) is 4.98 Å². The highest BCUT2D eigenvalue weighted by Crippen LogP contribution is 2.25. The van der Waals surface area contributed by atoms with Crippen LogP contribution in [0.25, 0.3) is 0 Å². The molecule has 1 heterocycles. The van der Waals surface area contributed by atoms with E-state index in [1.165, 1.54) is 11.8 Å². The van der Waals surface area contributed by atoms with Gasteiger partial charge in [0, 0.05) is 31.3 Å². The third kappa shape index (κ3) is 7.01. The third-order valence-corrected chi connectivity index (χ3v) is 6.46. The first-order valence-electron chi connectivity index (χ1n) is 10.9. The number of aryl methyl sites for hydroxylation is 1. The molecule has 1 amide bonds. The van der Waals surface area contributed by atoms with E-state index >= 15 is 0 Å². The Kier molecular flexibility index (Phi) is 9.63. The number of nitrogens with zero attached hydrogens (tertiary/aromatic N) is 2. The van der Waals surface area contributed by atoms with Crippen LogP contribution in [0.15, 0.2) is 40.3 Å². The maximum absolute atomic E-state index is 13.0. The number of benzene rings is 1. The Morgan fingerprint density at radius 3 is 2.53 bits per heavy atom. The van der Waals surface area contributed by atoms with Crippen molar-refractivity contribution in [3.63, 3.8) is 0 Å². The van der Waals surface area contributed by atoms with Crippen molar-refractivity contribution in [3.8, 4) is 0 Å². The fourth-order valence-electron chi connectivity index (χ4n) is 3.20. The summed E-state index contributed by atoms with van der Waals surface area (Å²) in [4.78, 5) is 30.5. The summed E-state index contributed by atoms with van der Waals surface area (Å²) >= 11 is 1.41. The predicted molar refractivity (Wildman–Crippen MR) is 125 cm³/mol. The van der Waals surface area contributed by atoms with Gasteiger partial charge in [0.15, 0.2) is 5.16 Å². The summed E-state index contributed by atoms with van der Waals surface area (Å²) in [7, 11) is 1.75. The first-order valence-corrected chi connectivity index (χ1v) is 11.8. The van der Waals surface area contributed by atoms with Crippen LogP contribution in [0.5, 0.6) is 0 Å². The Bertz CT molecular complexity index is 878. The Labute approximate surface area is 184 Å². The normalized spacial score (nSPS) is 12.2. The summed E-state index contributed by atoms with van der Waals surface area (Å²) in [5.74, 6) is 0.587. The summed E-state index contributed by atoms with van der Waals surface area (Å²) in [6.45, 7) is 8.98. The highest BCUT2D eigenvalue weighted by molar-refractivity contribution is 8.00. The summed E-state index contributed by atoms with van der Waals surface area (Å²) in [6, 6.07) is 9.95. The minimum atomic E-state index is -0.241. The Balaban J connectivity index is 2.21. The van der Waals surface area contributed by atoms with Crippen molar-refractivity contribution in [1.29, 1.82) is 0 Å². The molecule has 1 unspecified atom stereocenters. The largest absolute Gasteiger partial charge is 0.355 e. The maximum Gasteiger partial charge on any atom is 0.257 e. The lowest BCUT2D eigenvalue weighted by Crippen LogP contribution is -2.35. The van der Waals surface area contributed by atoms with Gasteiger partial charge in [-0.2, -0.15) is 0 Å². The lowest BCUT2D eigenvalue weighted by Gasteiger charge is -2.19. The summed E-state index contributed by atoms with van der Waals surface area (Å²) < 4.78 is 1.59. The van der Waals surface area contributed by atoms with E-state index in [1.807, 2.05) is 37.3 Å². The summed E-state index contributed by atoms with van der Waals surface area (Å²) in [5.41, 5.74) is 2.49. The van der Waals surface area contributed by atoms with Gasteiger partial charge < -0.3 is 5.32 Å². The first-order chi connectivity index (χ1) is 14.3. The Morgan fingerprint density at radius 1 is 1.20 bits per heavy atom. The predicted octanol–water partition coefficient (Wildman–Crippen LogP) is 4.49. The van der Waals surface area contributed by atoms with Gasteiger partial charge in [0.1, 0.15) is 0 Å². The molecule has 5 nitrogen and oxygen atoms in total. The highest BCUT2D eigenvalue weighted by Gasteiger charge is 2.23. The van der Waals surface area contributed by atoms with Crippen LogP contribution in [0.3, 0.4) is 0 Å². The summed E-state index contributed by atoms with van der Waals surface area (Å²) in [5, 5.41) is 3.43. The highest BCUT2D eigenvalue weighted by atomic mass is 32.2. The van der Waals surface area contributed by atoms with Gasteiger partial charge in [-0.05, 0) is 31.2 Å². The smallest absolute Gasteiger partial charge is 0.257 e. The molecule has 2 rings (SSSR count). The number of rotatable bonds is 11.